The molecule has 0 saturated carbocycles. The highest BCUT2D eigenvalue weighted by Gasteiger charge is 2.12. The van der Waals surface area contributed by atoms with Crippen molar-refractivity contribution in [3.63, 3.8) is 0 Å². The molecular formula is C15H24Br2N2O. The highest BCUT2D eigenvalue weighted by molar-refractivity contribution is 9.11. The van der Waals surface area contributed by atoms with Crippen LogP contribution < -0.4 is 10.1 Å². The summed E-state index contributed by atoms with van der Waals surface area (Å²) in [6, 6.07) is 4.21. The quantitative estimate of drug-likeness (QED) is 0.769. The second-order valence-corrected chi connectivity index (χ2v) is 7.85. The van der Waals surface area contributed by atoms with Gasteiger partial charge in [0.25, 0.3) is 0 Å². The lowest BCUT2D eigenvalue weighted by Crippen LogP contribution is -2.35. The highest BCUT2D eigenvalue weighted by Crippen LogP contribution is 2.34. The van der Waals surface area contributed by atoms with E-state index in [-0.39, 0.29) is 5.54 Å². The Bertz CT molecular complexity index is 419. The Kier molecular flexibility index (Phi) is 6.98. The molecule has 0 spiro atoms. The van der Waals surface area contributed by atoms with E-state index in [0.29, 0.717) is 6.61 Å². The van der Waals surface area contributed by atoms with E-state index in [4.69, 9.17) is 4.74 Å². The van der Waals surface area contributed by atoms with Crippen molar-refractivity contribution < 1.29 is 4.74 Å². The maximum absolute atomic E-state index is 5.82. The van der Waals surface area contributed by atoms with Gasteiger partial charge in [-0.15, -0.1) is 0 Å². The molecule has 1 aromatic rings. The largest absolute Gasteiger partial charge is 0.490 e. The molecule has 3 nitrogen and oxygen atoms in total. The molecule has 0 aromatic heterocycles. The minimum Gasteiger partial charge on any atom is -0.490 e. The van der Waals surface area contributed by atoms with Crippen LogP contribution in [0.5, 0.6) is 5.75 Å². The molecule has 114 valence electrons. The van der Waals surface area contributed by atoms with Crippen molar-refractivity contribution in [1.82, 2.24) is 10.2 Å². The summed E-state index contributed by atoms with van der Waals surface area (Å²) >= 11 is 7.18. The first kappa shape index (κ1) is 18.0. The van der Waals surface area contributed by atoms with Crippen molar-refractivity contribution in [2.45, 2.75) is 32.9 Å². The summed E-state index contributed by atoms with van der Waals surface area (Å²) in [5.74, 6) is 0.867. The predicted molar refractivity (Wildman–Crippen MR) is 92.5 cm³/mol. The fourth-order valence-electron chi connectivity index (χ4n) is 1.55. The van der Waals surface area contributed by atoms with Gasteiger partial charge in [-0.1, -0.05) is 0 Å². The third-order valence-corrected chi connectivity index (χ3v) is 3.84. The van der Waals surface area contributed by atoms with Gasteiger partial charge in [0.1, 0.15) is 12.4 Å². The third kappa shape index (κ3) is 6.57. The van der Waals surface area contributed by atoms with Crippen molar-refractivity contribution in [3.8, 4) is 5.75 Å². The first-order chi connectivity index (χ1) is 9.19. The van der Waals surface area contributed by atoms with Crippen LogP contribution in [-0.4, -0.2) is 37.7 Å². The van der Waals surface area contributed by atoms with E-state index < -0.39 is 0 Å². The molecule has 0 fully saturated rings. The summed E-state index contributed by atoms with van der Waals surface area (Å²) < 4.78 is 7.79. The summed E-state index contributed by atoms with van der Waals surface area (Å²) in [6.07, 6.45) is 0. The molecular weight excluding hydrogens is 384 g/mol. The first-order valence-corrected chi connectivity index (χ1v) is 8.28. The fourth-order valence-corrected chi connectivity index (χ4v) is 3.06. The van der Waals surface area contributed by atoms with Gasteiger partial charge in [0.15, 0.2) is 0 Å². The van der Waals surface area contributed by atoms with E-state index in [0.717, 1.165) is 27.8 Å². The zero-order valence-electron chi connectivity index (χ0n) is 12.9. The minimum absolute atomic E-state index is 0.111. The van der Waals surface area contributed by atoms with Crippen molar-refractivity contribution in [2.24, 2.45) is 0 Å². The van der Waals surface area contributed by atoms with Crippen molar-refractivity contribution in [2.75, 3.05) is 27.2 Å². The Labute approximate surface area is 139 Å². The molecule has 0 aliphatic rings. The van der Waals surface area contributed by atoms with E-state index in [1.807, 2.05) is 14.1 Å². The second kappa shape index (κ2) is 7.78. The number of hydrogen-bond acceptors (Lipinski definition) is 3. The highest BCUT2D eigenvalue weighted by atomic mass is 79.9. The molecule has 1 N–H and O–H groups in total. The normalized spacial score (nSPS) is 12.0. The molecule has 0 aliphatic heterocycles. The van der Waals surface area contributed by atoms with Crippen LogP contribution in [0.25, 0.3) is 0 Å². The summed E-state index contributed by atoms with van der Waals surface area (Å²) in [4.78, 5) is 2.10. The molecule has 0 aliphatic carbocycles. The van der Waals surface area contributed by atoms with Gasteiger partial charge >= 0.3 is 0 Å². The number of ether oxygens (including phenoxy) is 1. The molecule has 0 radical (unpaired) electrons. The standard InChI is InChI=1S/C15H24Br2N2O/c1-15(2,3)18-10-11-8-12(16)14(13(17)9-11)20-7-6-19(4)5/h8-9,18H,6-7,10H2,1-5H3. The molecule has 0 heterocycles. The molecule has 5 heteroatoms. The summed E-state index contributed by atoms with van der Waals surface area (Å²) in [5.41, 5.74) is 1.33. The smallest absolute Gasteiger partial charge is 0.147 e. The second-order valence-electron chi connectivity index (χ2n) is 6.14. The molecule has 0 saturated heterocycles. The zero-order valence-corrected chi connectivity index (χ0v) is 16.1. The van der Waals surface area contributed by atoms with E-state index in [9.17, 15) is 0 Å². The van der Waals surface area contributed by atoms with Gasteiger partial charge in [-0.2, -0.15) is 0 Å². The van der Waals surface area contributed by atoms with Crippen LogP contribution in [0.4, 0.5) is 0 Å². The van der Waals surface area contributed by atoms with E-state index >= 15 is 0 Å². The monoisotopic (exact) mass is 406 g/mol. The number of likely N-dealkylation sites (N-methyl/N-ethyl adjacent to an activating group) is 1. The Morgan fingerprint density at radius 2 is 1.70 bits per heavy atom. The SMILES string of the molecule is CN(C)CCOc1c(Br)cc(CNC(C)(C)C)cc1Br. The number of benzene rings is 1. The van der Waals surface area contributed by atoms with Crippen LogP contribution in [0.15, 0.2) is 21.1 Å². The average Bonchev–Trinajstić information content (AvgIpc) is 2.29. The van der Waals surface area contributed by atoms with Crippen LogP contribution in [0.1, 0.15) is 26.3 Å². The zero-order chi connectivity index (χ0) is 15.3. The van der Waals surface area contributed by atoms with Crippen molar-refractivity contribution in [1.29, 1.82) is 0 Å². The fraction of sp³-hybridized carbons (Fsp3) is 0.600. The van der Waals surface area contributed by atoms with Gasteiger partial charge in [-0.3, -0.25) is 0 Å². The van der Waals surface area contributed by atoms with E-state index in [2.05, 4.69) is 75.0 Å². The maximum Gasteiger partial charge on any atom is 0.147 e. The Morgan fingerprint density at radius 1 is 1.15 bits per heavy atom. The molecule has 1 aromatic carbocycles. The maximum atomic E-state index is 5.82. The number of nitrogens with one attached hydrogen (secondary N) is 1. The third-order valence-electron chi connectivity index (χ3n) is 2.67. The number of nitrogens with zero attached hydrogens (tertiary/aromatic N) is 1. The van der Waals surface area contributed by atoms with Crippen LogP contribution in [0.2, 0.25) is 0 Å². The molecule has 0 atom stereocenters. The van der Waals surface area contributed by atoms with Gasteiger partial charge in [0.2, 0.25) is 0 Å². The molecule has 0 bridgehead atoms. The molecule has 20 heavy (non-hydrogen) atoms. The van der Waals surface area contributed by atoms with Gasteiger partial charge in [-0.05, 0) is 84.4 Å². The molecule has 0 amide bonds. The van der Waals surface area contributed by atoms with Crippen LogP contribution in [0, 0.1) is 0 Å². The lowest BCUT2D eigenvalue weighted by molar-refractivity contribution is 0.259. The van der Waals surface area contributed by atoms with Crippen molar-refractivity contribution in [3.05, 3.63) is 26.6 Å². The van der Waals surface area contributed by atoms with Gasteiger partial charge in [-0.25, -0.2) is 0 Å². The van der Waals surface area contributed by atoms with Crippen molar-refractivity contribution >= 4 is 31.9 Å². The number of rotatable bonds is 6. The van der Waals surface area contributed by atoms with Gasteiger partial charge in [0, 0.05) is 18.6 Å². The molecule has 1 rings (SSSR count). The topological polar surface area (TPSA) is 24.5 Å². The summed E-state index contributed by atoms with van der Waals surface area (Å²) in [5, 5.41) is 3.48. The first-order valence-electron chi connectivity index (χ1n) is 6.69. The predicted octanol–water partition coefficient (Wildman–Crippen LogP) is 4.04. The van der Waals surface area contributed by atoms with E-state index in [1.54, 1.807) is 0 Å². The number of halogens is 2. The van der Waals surface area contributed by atoms with Crippen LogP contribution in [0.3, 0.4) is 0 Å². The lowest BCUT2D eigenvalue weighted by atomic mass is 10.1. The number of hydrogen-bond donors (Lipinski definition) is 1. The minimum atomic E-state index is 0.111. The van der Waals surface area contributed by atoms with Crippen LogP contribution in [-0.2, 0) is 6.54 Å². The Hall–Kier alpha value is -0.100. The van der Waals surface area contributed by atoms with Gasteiger partial charge < -0.3 is 15.0 Å². The Morgan fingerprint density at radius 3 is 2.15 bits per heavy atom. The lowest BCUT2D eigenvalue weighted by Gasteiger charge is -2.21. The van der Waals surface area contributed by atoms with E-state index in [1.165, 1.54) is 5.56 Å². The summed E-state index contributed by atoms with van der Waals surface area (Å²) in [7, 11) is 4.07. The average molecular weight is 408 g/mol. The molecule has 0 unspecified atom stereocenters. The summed E-state index contributed by atoms with van der Waals surface area (Å²) in [6.45, 7) is 8.89. The Balaban J connectivity index is 2.71. The van der Waals surface area contributed by atoms with Gasteiger partial charge in [0.05, 0.1) is 8.95 Å². The van der Waals surface area contributed by atoms with Crippen LogP contribution >= 0.6 is 31.9 Å².